The molecule has 0 saturated heterocycles. The van der Waals surface area contributed by atoms with E-state index in [1.165, 1.54) is 42.5 Å². The van der Waals surface area contributed by atoms with Crippen LogP contribution in [0.15, 0.2) is 48.5 Å². The smallest absolute Gasteiger partial charge is 0.268 e. The highest BCUT2D eigenvalue weighted by molar-refractivity contribution is 7.71. The van der Waals surface area contributed by atoms with Crippen LogP contribution < -0.4 is 0 Å². The van der Waals surface area contributed by atoms with E-state index in [0.29, 0.717) is 0 Å². The Morgan fingerprint density at radius 2 is 1.58 bits per heavy atom. The molecule has 1 N–H and O–H groups in total. The lowest BCUT2D eigenvalue weighted by molar-refractivity contribution is -0.385. The van der Waals surface area contributed by atoms with Gasteiger partial charge in [-0.15, -0.1) is 0 Å². The molecule has 0 aliphatic heterocycles. The monoisotopic (exact) mass is 371 g/mol. The van der Waals surface area contributed by atoms with Crippen LogP contribution in [0, 0.1) is 25.0 Å². The summed E-state index contributed by atoms with van der Waals surface area (Å²) in [5, 5.41) is 28.7. The van der Waals surface area contributed by atoms with Crippen LogP contribution in [0.25, 0.3) is 11.4 Å². The van der Waals surface area contributed by atoms with Crippen LogP contribution in [0.3, 0.4) is 0 Å². The molecule has 0 aliphatic carbocycles. The second-order valence-corrected chi connectivity index (χ2v) is 5.43. The molecule has 10 nitrogen and oxygen atoms in total. The minimum atomic E-state index is -0.816. The minimum absolute atomic E-state index is 0.0526. The third-order valence-electron chi connectivity index (χ3n) is 3.55. The van der Waals surface area contributed by atoms with Crippen LogP contribution in [0.1, 0.15) is 10.4 Å². The molecular weight excluding hydrogens is 362 g/mol. The number of nitrogens with one attached hydrogen (secondary N) is 1. The Hall–Kier alpha value is -3.73. The quantitative estimate of drug-likeness (QED) is 0.422. The van der Waals surface area contributed by atoms with Crippen LogP contribution in [-0.4, -0.2) is 30.5 Å². The van der Waals surface area contributed by atoms with Gasteiger partial charge < -0.3 is 0 Å². The summed E-state index contributed by atoms with van der Waals surface area (Å²) in [6.45, 7) is 0. The Morgan fingerprint density at radius 3 is 2.23 bits per heavy atom. The van der Waals surface area contributed by atoms with Gasteiger partial charge in [0.25, 0.3) is 17.3 Å². The number of rotatable bonds is 4. The predicted molar refractivity (Wildman–Crippen MR) is 92.3 cm³/mol. The fourth-order valence-corrected chi connectivity index (χ4v) is 2.64. The number of hydrogen-bond donors (Lipinski definition) is 1. The van der Waals surface area contributed by atoms with E-state index >= 15 is 0 Å². The molecular formula is C15H9N5O5S. The largest absolute Gasteiger partial charge is 0.282 e. The number of carbonyl (C=O) groups is 1. The van der Waals surface area contributed by atoms with Gasteiger partial charge in [-0.3, -0.25) is 30.1 Å². The van der Waals surface area contributed by atoms with Crippen LogP contribution >= 0.6 is 12.2 Å². The van der Waals surface area contributed by atoms with Gasteiger partial charge in [-0.1, -0.05) is 24.3 Å². The topological polar surface area (TPSA) is 137 Å². The highest BCUT2D eigenvalue weighted by atomic mass is 32.1. The number of aromatic amines is 1. The highest BCUT2D eigenvalue weighted by Gasteiger charge is 2.27. The maximum absolute atomic E-state index is 12.9. The van der Waals surface area contributed by atoms with Crippen molar-refractivity contribution in [1.82, 2.24) is 14.8 Å². The van der Waals surface area contributed by atoms with Gasteiger partial charge in [0.15, 0.2) is 5.82 Å². The zero-order valence-corrected chi connectivity index (χ0v) is 13.7. The van der Waals surface area contributed by atoms with E-state index in [0.717, 1.165) is 4.57 Å². The maximum Gasteiger partial charge on any atom is 0.282 e. The molecule has 1 heterocycles. The Labute approximate surface area is 150 Å². The van der Waals surface area contributed by atoms with Crippen molar-refractivity contribution in [2.45, 2.75) is 0 Å². The Balaban J connectivity index is 2.23. The van der Waals surface area contributed by atoms with Crippen molar-refractivity contribution in [2.75, 3.05) is 0 Å². The molecule has 0 saturated carbocycles. The van der Waals surface area contributed by atoms with Crippen molar-refractivity contribution in [1.29, 1.82) is 0 Å². The summed E-state index contributed by atoms with van der Waals surface area (Å²) in [5.74, 6) is -0.922. The molecule has 26 heavy (non-hydrogen) atoms. The van der Waals surface area contributed by atoms with E-state index in [4.69, 9.17) is 12.2 Å². The molecule has 2 aromatic carbocycles. The molecule has 3 aromatic rings. The summed E-state index contributed by atoms with van der Waals surface area (Å²) >= 11 is 5.05. The van der Waals surface area contributed by atoms with Gasteiger partial charge in [-0.25, -0.2) is 4.57 Å². The lowest BCUT2D eigenvalue weighted by atomic mass is 10.1. The first-order valence-electron chi connectivity index (χ1n) is 7.11. The third kappa shape index (κ3) is 2.86. The highest BCUT2D eigenvalue weighted by Crippen LogP contribution is 2.29. The van der Waals surface area contributed by atoms with Crippen molar-refractivity contribution in [2.24, 2.45) is 0 Å². The molecule has 0 bridgehead atoms. The molecule has 0 spiro atoms. The number of carbonyl (C=O) groups excluding carboxylic acids is 1. The first kappa shape index (κ1) is 17.1. The number of nitro groups is 2. The third-order valence-corrected chi connectivity index (χ3v) is 3.82. The molecule has 0 aliphatic rings. The van der Waals surface area contributed by atoms with E-state index in [1.807, 2.05) is 0 Å². The van der Waals surface area contributed by atoms with Crippen molar-refractivity contribution < 1.29 is 14.6 Å². The van der Waals surface area contributed by atoms with Gasteiger partial charge in [0, 0.05) is 12.1 Å². The van der Waals surface area contributed by atoms with Gasteiger partial charge >= 0.3 is 0 Å². The zero-order chi connectivity index (χ0) is 18.8. The van der Waals surface area contributed by atoms with Crippen molar-refractivity contribution in [3.63, 3.8) is 0 Å². The summed E-state index contributed by atoms with van der Waals surface area (Å²) in [4.78, 5) is 34.0. The van der Waals surface area contributed by atoms with Gasteiger partial charge in [0.2, 0.25) is 4.77 Å². The van der Waals surface area contributed by atoms with Gasteiger partial charge in [-0.2, -0.15) is 5.10 Å². The molecule has 0 radical (unpaired) electrons. The zero-order valence-electron chi connectivity index (χ0n) is 12.9. The normalized spacial score (nSPS) is 10.5. The van der Waals surface area contributed by atoms with Crippen molar-refractivity contribution >= 4 is 29.5 Å². The lowest BCUT2D eigenvalue weighted by Crippen LogP contribution is -2.15. The lowest BCUT2D eigenvalue weighted by Gasteiger charge is -2.07. The van der Waals surface area contributed by atoms with E-state index < -0.39 is 21.4 Å². The Bertz CT molecular complexity index is 1100. The first-order valence-corrected chi connectivity index (χ1v) is 7.52. The Kier molecular flexibility index (Phi) is 4.37. The number of nitro benzene ring substituents is 2. The minimum Gasteiger partial charge on any atom is -0.268 e. The van der Waals surface area contributed by atoms with Gasteiger partial charge in [-0.05, 0) is 24.4 Å². The average Bonchev–Trinajstić information content (AvgIpc) is 3.02. The average molecular weight is 371 g/mol. The summed E-state index contributed by atoms with van der Waals surface area (Å²) in [7, 11) is 0. The van der Waals surface area contributed by atoms with Crippen LogP contribution in [0.5, 0.6) is 0 Å². The number of H-pyrrole nitrogens is 1. The predicted octanol–water partition coefficient (Wildman–Crippen LogP) is 3.11. The maximum atomic E-state index is 12.9. The molecule has 0 unspecified atom stereocenters. The number of nitrogens with zero attached hydrogens (tertiary/aromatic N) is 4. The summed E-state index contributed by atoms with van der Waals surface area (Å²) in [6.07, 6.45) is 0. The van der Waals surface area contributed by atoms with Crippen molar-refractivity contribution in [3.8, 4) is 11.4 Å². The standard InChI is InChI=1S/C15H9N5O5S/c21-14(10-6-2-4-8-12(10)20(24)25)18-13(16-17-15(18)26)9-5-1-3-7-11(9)19(22)23/h1-8H,(H,17,26). The number of para-hydroxylation sites is 2. The van der Waals surface area contributed by atoms with Crippen LogP contribution in [0.2, 0.25) is 0 Å². The number of aromatic nitrogens is 3. The molecule has 1 aromatic heterocycles. The van der Waals surface area contributed by atoms with E-state index in [9.17, 15) is 25.0 Å². The van der Waals surface area contributed by atoms with Crippen LogP contribution in [-0.2, 0) is 0 Å². The molecule has 11 heteroatoms. The number of benzene rings is 2. The summed E-state index contributed by atoms with van der Waals surface area (Å²) in [5.41, 5.74) is -0.848. The molecule has 3 rings (SSSR count). The van der Waals surface area contributed by atoms with E-state index in [2.05, 4.69) is 10.2 Å². The second-order valence-electron chi connectivity index (χ2n) is 5.04. The Morgan fingerprint density at radius 1 is 1.00 bits per heavy atom. The molecule has 0 atom stereocenters. The van der Waals surface area contributed by atoms with Gasteiger partial charge in [0.1, 0.15) is 5.56 Å². The molecule has 130 valence electrons. The summed E-state index contributed by atoms with van der Waals surface area (Å²) < 4.78 is 0.765. The number of hydrogen-bond acceptors (Lipinski definition) is 7. The fourth-order valence-electron chi connectivity index (χ4n) is 2.42. The SMILES string of the molecule is O=C(c1ccccc1[N+](=O)[O-])n1c(-c2ccccc2[N+](=O)[O-])n[nH]c1=S. The van der Waals surface area contributed by atoms with Crippen LogP contribution in [0.4, 0.5) is 11.4 Å². The fraction of sp³-hybridized carbons (Fsp3) is 0. The molecule has 0 amide bonds. The van der Waals surface area contributed by atoms with E-state index in [-0.39, 0.29) is 27.4 Å². The summed E-state index contributed by atoms with van der Waals surface area (Å²) in [6, 6.07) is 11.0. The van der Waals surface area contributed by atoms with E-state index in [1.54, 1.807) is 6.07 Å². The van der Waals surface area contributed by atoms with Crippen molar-refractivity contribution in [3.05, 3.63) is 79.1 Å². The van der Waals surface area contributed by atoms with Gasteiger partial charge in [0.05, 0.1) is 15.4 Å². The molecule has 0 fully saturated rings. The second kappa shape index (κ2) is 6.64. The first-order chi connectivity index (χ1) is 12.4.